The minimum atomic E-state index is -1.16. The molecule has 0 aromatic heterocycles. The predicted octanol–water partition coefficient (Wildman–Crippen LogP) is 2.34. The highest BCUT2D eigenvalue weighted by Gasteiger charge is 2.47. The van der Waals surface area contributed by atoms with E-state index in [2.05, 4.69) is 0 Å². The summed E-state index contributed by atoms with van der Waals surface area (Å²) >= 11 is 0. The monoisotopic (exact) mass is 282 g/mol. The number of benzene rings is 1. The first-order chi connectivity index (χ1) is 9.57. The van der Waals surface area contributed by atoms with Gasteiger partial charge in [0.05, 0.1) is 25.9 Å². The van der Waals surface area contributed by atoms with Crippen molar-refractivity contribution in [3.05, 3.63) is 29.6 Å². The van der Waals surface area contributed by atoms with Crippen molar-refractivity contribution in [1.82, 2.24) is 0 Å². The average Bonchev–Trinajstić information content (AvgIpc) is 2.91. The molecule has 110 valence electrons. The SMILES string of the molecule is COc1ccc(C2(O)CCC3(CC2)OCCO3)c(F)c1. The van der Waals surface area contributed by atoms with Crippen molar-refractivity contribution in [2.24, 2.45) is 0 Å². The zero-order valence-corrected chi connectivity index (χ0v) is 11.5. The van der Waals surface area contributed by atoms with E-state index < -0.39 is 17.2 Å². The maximum atomic E-state index is 14.1. The van der Waals surface area contributed by atoms with Gasteiger partial charge in [-0.2, -0.15) is 0 Å². The molecule has 0 unspecified atom stereocenters. The molecule has 1 heterocycles. The molecule has 20 heavy (non-hydrogen) atoms. The molecule has 3 rings (SSSR count). The van der Waals surface area contributed by atoms with Crippen molar-refractivity contribution in [2.45, 2.75) is 37.1 Å². The Labute approximate surface area is 117 Å². The second-order valence-electron chi connectivity index (χ2n) is 5.48. The summed E-state index contributed by atoms with van der Waals surface area (Å²) in [6.45, 7) is 1.19. The van der Waals surface area contributed by atoms with Crippen LogP contribution in [0.1, 0.15) is 31.2 Å². The number of hydrogen-bond donors (Lipinski definition) is 1. The Morgan fingerprint density at radius 1 is 1.15 bits per heavy atom. The number of ether oxygens (including phenoxy) is 3. The Morgan fingerprint density at radius 3 is 2.35 bits per heavy atom. The van der Waals surface area contributed by atoms with Gasteiger partial charge in [0.15, 0.2) is 5.79 Å². The summed E-state index contributed by atoms with van der Waals surface area (Å²) in [7, 11) is 1.49. The Hall–Kier alpha value is -1.17. The molecule has 1 saturated heterocycles. The van der Waals surface area contributed by atoms with E-state index in [1.165, 1.54) is 13.2 Å². The van der Waals surface area contributed by atoms with Crippen LogP contribution in [0.2, 0.25) is 0 Å². The maximum absolute atomic E-state index is 14.1. The summed E-state index contributed by atoms with van der Waals surface area (Å²) in [5.41, 5.74) is -0.831. The summed E-state index contributed by atoms with van der Waals surface area (Å²) in [5, 5.41) is 10.7. The molecule has 0 bridgehead atoms. The van der Waals surface area contributed by atoms with Gasteiger partial charge in [-0.3, -0.25) is 0 Å². The van der Waals surface area contributed by atoms with Crippen LogP contribution in [0.3, 0.4) is 0 Å². The molecule has 1 aliphatic carbocycles. The second kappa shape index (κ2) is 4.98. The third kappa shape index (κ3) is 2.30. The average molecular weight is 282 g/mol. The van der Waals surface area contributed by atoms with Crippen LogP contribution < -0.4 is 4.74 Å². The molecule has 4 nitrogen and oxygen atoms in total. The Bertz CT molecular complexity index is 487. The van der Waals surface area contributed by atoms with Crippen molar-refractivity contribution < 1.29 is 23.7 Å². The number of halogens is 1. The van der Waals surface area contributed by atoms with Gasteiger partial charge in [0.1, 0.15) is 11.6 Å². The molecule has 1 aromatic carbocycles. The fraction of sp³-hybridized carbons (Fsp3) is 0.600. The zero-order chi connectivity index (χ0) is 14.2. The van der Waals surface area contributed by atoms with Crippen molar-refractivity contribution in [3.63, 3.8) is 0 Å². The third-order valence-corrected chi connectivity index (χ3v) is 4.33. The molecule has 0 radical (unpaired) electrons. The van der Waals surface area contributed by atoms with Crippen molar-refractivity contribution >= 4 is 0 Å². The highest BCUT2D eigenvalue weighted by atomic mass is 19.1. The smallest absolute Gasteiger partial charge is 0.168 e. The van der Waals surface area contributed by atoms with Crippen molar-refractivity contribution in [2.75, 3.05) is 20.3 Å². The predicted molar refractivity (Wildman–Crippen MR) is 70.0 cm³/mol. The van der Waals surface area contributed by atoms with Gasteiger partial charge in [-0.25, -0.2) is 4.39 Å². The summed E-state index contributed by atoms with van der Waals surface area (Å²) < 4.78 is 30.4. The van der Waals surface area contributed by atoms with Crippen molar-refractivity contribution in [3.8, 4) is 5.75 Å². The zero-order valence-electron chi connectivity index (χ0n) is 11.5. The fourth-order valence-corrected chi connectivity index (χ4v) is 3.10. The van der Waals surface area contributed by atoms with E-state index in [0.717, 1.165) is 0 Å². The lowest BCUT2D eigenvalue weighted by molar-refractivity contribution is -0.204. The molecule has 0 amide bonds. The first-order valence-corrected chi connectivity index (χ1v) is 6.91. The lowest BCUT2D eigenvalue weighted by atomic mass is 9.77. The van der Waals surface area contributed by atoms with E-state index in [-0.39, 0.29) is 0 Å². The summed E-state index contributed by atoms with van der Waals surface area (Å²) in [5.74, 6) is -0.546. The molecule has 2 aliphatic rings. The van der Waals surface area contributed by atoms with Gasteiger partial charge < -0.3 is 19.3 Å². The first-order valence-electron chi connectivity index (χ1n) is 6.91. The van der Waals surface area contributed by atoms with Crippen LogP contribution in [0.4, 0.5) is 4.39 Å². The van der Waals surface area contributed by atoms with Crippen LogP contribution in [0.5, 0.6) is 5.75 Å². The topological polar surface area (TPSA) is 47.9 Å². The Balaban J connectivity index is 1.80. The van der Waals surface area contributed by atoms with Gasteiger partial charge in [-0.15, -0.1) is 0 Å². The van der Waals surface area contributed by atoms with Crippen molar-refractivity contribution in [1.29, 1.82) is 0 Å². The van der Waals surface area contributed by atoms with Gasteiger partial charge in [0.2, 0.25) is 0 Å². The van der Waals surface area contributed by atoms with Crippen LogP contribution in [0.15, 0.2) is 18.2 Å². The lowest BCUT2D eigenvalue weighted by Crippen LogP contribution is -2.42. The van der Waals surface area contributed by atoms with Gasteiger partial charge >= 0.3 is 0 Å². The molecule has 0 atom stereocenters. The second-order valence-corrected chi connectivity index (χ2v) is 5.48. The van der Waals surface area contributed by atoms with E-state index >= 15 is 0 Å². The highest BCUT2D eigenvalue weighted by molar-refractivity contribution is 5.33. The van der Waals surface area contributed by atoms with Gasteiger partial charge in [-0.1, -0.05) is 0 Å². The summed E-state index contributed by atoms with van der Waals surface area (Å²) in [6.07, 6.45) is 2.01. The van der Waals surface area contributed by atoms with Gasteiger partial charge in [0.25, 0.3) is 0 Å². The first kappa shape index (κ1) is 13.8. The standard InChI is InChI=1S/C15H19FO4/c1-18-11-2-3-12(13(16)10-11)14(17)4-6-15(7-5-14)19-8-9-20-15/h2-3,10,17H,4-9H2,1H3. The van der Waals surface area contributed by atoms with Crippen LogP contribution >= 0.6 is 0 Å². The third-order valence-electron chi connectivity index (χ3n) is 4.33. The lowest BCUT2D eigenvalue weighted by Gasteiger charge is -2.40. The molecule has 1 spiro atoms. The molecule has 5 heteroatoms. The Morgan fingerprint density at radius 2 is 1.80 bits per heavy atom. The van der Waals surface area contributed by atoms with E-state index in [4.69, 9.17) is 14.2 Å². The molecular weight excluding hydrogens is 263 g/mol. The number of hydrogen-bond acceptors (Lipinski definition) is 4. The summed E-state index contributed by atoms with van der Waals surface area (Å²) in [4.78, 5) is 0. The van der Waals surface area contributed by atoms with Gasteiger partial charge in [-0.05, 0) is 25.0 Å². The number of aliphatic hydroxyl groups is 1. The highest BCUT2D eigenvalue weighted by Crippen LogP contribution is 2.45. The minimum absolute atomic E-state index is 0.325. The van der Waals surface area contributed by atoms with E-state index in [1.807, 2.05) is 0 Å². The number of rotatable bonds is 2. The normalized spacial score (nSPS) is 23.9. The minimum Gasteiger partial charge on any atom is -0.497 e. The molecule has 1 saturated carbocycles. The van der Waals surface area contributed by atoms with Crippen LogP contribution in [0.25, 0.3) is 0 Å². The summed E-state index contributed by atoms with van der Waals surface area (Å²) in [6, 6.07) is 4.58. The molecular formula is C15H19FO4. The van der Waals surface area contributed by atoms with Crippen LogP contribution in [-0.4, -0.2) is 31.2 Å². The molecule has 1 aromatic rings. The molecule has 1 N–H and O–H groups in total. The molecule has 2 fully saturated rings. The van der Waals surface area contributed by atoms with Crippen LogP contribution in [0, 0.1) is 5.82 Å². The van der Waals surface area contributed by atoms with E-state index in [1.54, 1.807) is 12.1 Å². The largest absolute Gasteiger partial charge is 0.497 e. The van der Waals surface area contributed by atoms with E-state index in [9.17, 15) is 9.50 Å². The fourth-order valence-electron chi connectivity index (χ4n) is 3.10. The molecule has 1 aliphatic heterocycles. The number of methoxy groups -OCH3 is 1. The van der Waals surface area contributed by atoms with Gasteiger partial charge in [0, 0.05) is 24.5 Å². The Kier molecular flexibility index (Phi) is 3.44. The van der Waals surface area contributed by atoms with Crippen LogP contribution in [-0.2, 0) is 15.1 Å². The quantitative estimate of drug-likeness (QED) is 0.904. The maximum Gasteiger partial charge on any atom is 0.168 e. The van der Waals surface area contributed by atoms with E-state index in [0.29, 0.717) is 50.2 Å².